The summed E-state index contributed by atoms with van der Waals surface area (Å²) in [6.07, 6.45) is -2.60. The van der Waals surface area contributed by atoms with E-state index < -0.39 is 17.8 Å². The van der Waals surface area contributed by atoms with Crippen molar-refractivity contribution in [3.05, 3.63) is 35.4 Å². The molecular formula is C16H18F3NO2. The van der Waals surface area contributed by atoms with Crippen LogP contribution in [0.15, 0.2) is 24.3 Å². The summed E-state index contributed by atoms with van der Waals surface area (Å²) in [6, 6.07) is 5.07. The van der Waals surface area contributed by atoms with Gasteiger partial charge in [0.1, 0.15) is 0 Å². The topological polar surface area (TPSA) is 40.5 Å². The van der Waals surface area contributed by atoms with E-state index in [1.165, 1.54) is 12.1 Å². The number of carbonyl (C=O) groups excluding carboxylic acids is 1. The lowest BCUT2D eigenvalue weighted by atomic mass is 10.0. The Morgan fingerprint density at radius 2 is 1.91 bits per heavy atom. The predicted molar refractivity (Wildman–Crippen MR) is 74.1 cm³/mol. The Bertz CT molecular complexity index is 556. The van der Waals surface area contributed by atoms with Crippen molar-refractivity contribution in [1.29, 1.82) is 0 Å². The summed E-state index contributed by atoms with van der Waals surface area (Å²) in [5, 5.41) is 9.62. The van der Waals surface area contributed by atoms with Crippen molar-refractivity contribution in [2.75, 3.05) is 13.1 Å². The van der Waals surface area contributed by atoms with Gasteiger partial charge in [-0.3, -0.25) is 4.79 Å². The fraction of sp³-hybridized carbons (Fsp3) is 0.562. The molecule has 1 saturated heterocycles. The maximum Gasteiger partial charge on any atom is 0.416 e. The number of halogens is 3. The Morgan fingerprint density at radius 1 is 1.23 bits per heavy atom. The van der Waals surface area contributed by atoms with Gasteiger partial charge in [0.05, 0.1) is 11.7 Å². The number of hydrogen-bond acceptors (Lipinski definition) is 2. The van der Waals surface area contributed by atoms with Crippen molar-refractivity contribution >= 4 is 5.91 Å². The molecule has 1 aliphatic heterocycles. The molecule has 3 nitrogen and oxygen atoms in total. The van der Waals surface area contributed by atoms with E-state index in [-0.39, 0.29) is 17.7 Å². The molecule has 3 unspecified atom stereocenters. The molecule has 0 bridgehead atoms. The summed E-state index contributed by atoms with van der Waals surface area (Å²) >= 11 is 0. The van der Waals surface area contributed by atoms with Crippen LogP contribution in [0.4, 0.5) is 13.2 Å². The standard InChI is InChI=1S/C16H18F3NO2/c17-16(18,19)11-5-3-10(4-6-11)13-8-14(13)15(22)20-7-1-2-12(21)9-20/h3-6,12-14,21H,1-2,7-9H2. The number of aliphatic hydroxyl groups is 1. The summed E-state index contributed by atoms with van der Waals surface area (Å²) in [5.41, 5.74) is 0.114. The Hall–Kier alpha value is -1.56. The quantitative estimate of drug-likeness (QED) is 0.912. The van der Waals surface area contributed by atoms with E-state index in [2.05, 4.69) is 0 Å². The molecule has 1 amide bonds. The maximum atomic E-state index is 12.5. The summed E-state index contributed by atoms with van der Waals surface area (Å²) in [7, 11) is 0. The van der Waals surface area contributed by atoms with E-state index in [1.54, 1.807) is 4.90 Å². The van der Waals surface area contributed by atoms with Crippen LogP contribution in [-0.4, -0.2) is 35.1 Å². The monoisotopic (exact) mass is 313 g/mol. The summed E-state index contributed by atoms with van der Waals surface area (Å²) in [5.74, 6) is -0.125. The summed E-state index contributed by atoms with van der Waals surface area (Å²) < 4.78 is 37.6. The van der Waals surface area contributed by atoms with Gasteiger partial charge in [-0.25, -0.2) is 0 Å². The van der Waals surface area contributed by atoms with Crippen molar-refractivity contribution in [3.8, 4) is 0 Å². The van der Waals surface area contributed by atoms with Crippen LogP contribution in [0.2, 0.25) is 0 Å². The molecule has 2 aliphatic rings. The number of aliphatic hydroxyl groups excluding tert-OH is 1. The predicted octanol–water partition coefficient (Wildman–Crippen LogP) is 2.79. The molecule has 22 heavy (non-hydrogen) atoms. The first-order chi connectivity index (χ1) is 10.4. The molecule has 1 N–H and O–H groups in total. The van der Waals surface area contributed by atoms with Gasteiger partial charge in [0.25, 0.3) is 0 Å². The molecule has 6 heteroatoms. The average Bonchev–Trinajstić information content (AvgIpc) is 3.26. The maximum absolute atomic E-state index is 12.5. The number of benzene rings is 1. The molecule has 1 aliphatic carbocycles. The van der Waals surface area contributed by atoms with Crippen LogP contribution in [0.3, 0.4) is 0 Å². The third-order valence-electron chi connectivity index (χ3n) is 4.48. The van der Waals surface area contributed by atoms with Gasteiger partial charge in [-0.15, -0.1) is 0 Å². The fourth-order valence-corrected chi connectivity index (χ4v) is 3.15. The molecule has 1 saturated carbocycles. The van der Waals surface area contributed by atoms with Gasteiger partial charge in [-0.05, 0) is 42.9 Å². The van der Waals surface area contributed by atoms with Crippen molar-refractivity contribution in [1.82, 2.24) is 4.90 Å². The lowest BCUT2D eigenvalue weighted by molar-refractivity contribution is -0.137. The SMILES string of the molecule is O=C(C1CC1c1ccc(C(F)(F)F)cc1)N1CCCC(O)C1. The smallest absolute Gasteiger partial charge is 0.391 e. The minimum Gasteiger partial charge on any atom is -0.391 e. The highest BCUT2D eigenvalue weighted by molar-refractivity contribution is 5.83. The van der Waals surface area contributed by atoms with Gasteiger partial charge in [0.15, 0.2) is 0 Å². The highest BCUT2D eigenvalue weighted by atomic mass is 19.4. The van der Waals surface area contributed by atoms with Gasteiger partial charge in [0, 0.05) is 19.0 Å². The number of likely N-dealkylation sites (tertiary alicyclic amines) is 1. The van der Waals surface area contributed by atoms with Crippen molar-refractivity contribution in [2.45, 2.75) is 37.5 Å². The molecule has 120 valence electrons. The van der Waals surface area contributed by atoms with Gasteiger partial charge in [0.2, 0.25) is 5.91 Å². The summed E-state index contributed by atoms with van der Waals surface area (Å²) in [4.78, 5) is 14.0. The molecule has 1 heterocycles. The van der Waals surface area contributed by atoms with Gasteiger partial charge >= 0.3 is 6.18 Å². The lowest BCUT2D eigenvalue weighted by Crippen LogP contribution is -2.43. The van der Waals surface area contributed by atoms with E-state index in [0.29, 0.717) is 19.5 Å². The second-order valence-electron chi connectivity index (χ2n) is 6.15. The van der Waals surface area contributed by atoms with Crippen molar-refractivity contribution in [3.63, 3.8) is 0 Å². The molecular weight excluding hydrogens is 295 g/mol. The number of alkyl halides is 3. The average molecular weight is 313 g/mol. The highest BCUT2D eigenvalue weighted by Crippen LogP contribution is 2.49. The molecule has 0 aromatic heterocycles. The largest absolute Gasteiger partial charge is 0.416 e. The zero-order valence-electron chi connectivity index (χ0n) is 12.0. The van der Waals surface area contributed by atoms with Crippen LogP contribution in [0.1, 0.15) is 36.3 Å². The molecule has 3 atom stereocenters. The van der Waals surface area contributed by atoms with Gasteiger partial charge in [-0.1, -0.05) is 12.1 Å². The first-order valence-corrected chi connectivity index (χ1v) is 7.50. The van der Waals surface area contributed by atoms with E-state index in [0.717, 1.165) is 30.5 Å². The van der Waals surface area contributed by atoms with Crippen LogP contribution in [0.25, 0.3) is 0 Å². The molecule has 1 aromatic carbocycles. The van der Waals surface area contributed by atoms with Crippen LogP contribution in [0.5, 0.6) is 0 Å². The van der Waals surface area contributed by atoms with Crippen LogP contribution >= 0.6 is 0 Å². The number of nitrogens with zero attached hydrogens (tertiary/aromatic N) is 1. The van der Waals surface area contributed by atoms with E-state index in [9.17, 15) is 23.1 Å². The Balaban J connectivity index is 1.63. The molecule has 3 rings (SSSR count). The number of carbonyl (C=O) groups is 1. The molecule has 2 fully saturated rings. The second-order valence-corrected chi connectivity index (χ2v) is 6.15. The fourth-order valence-electron chi connectivity index (χ4n) is 3.15. The Kier molecular flexibility index (Phi) is 3.89. The van der Waals surface area contributed by atoms with Crippen LogP contribution in [-0.2, 0) is 11.0 Å². The number of piperidine rings is 1. The van der Waals surface area contributed by atoms with Gasteiger partial charge in [-0.2, -0.15) is 13.2 Å². The minimum absolute atomic E-state index is 0.00820. The summed E-state index contributed by atoms with van der Waals surface area (Å²) in [6.45, 7) is 1.03. The van der Waals surface area contributed by atoms with E-state index >= 15 is 0 Å². The van der Waals surface area contributed by atoms with Crippen molar-refractivity contribution in [2.24, 2.45) is 5.92 Å². The van der Waals surface area contributed by atoms with E-state index in [4.69, 9.17) is 0 Å². The number of β-amino-alcohol motifs (C(OH)–C–C–N with tert-alkyl or cyclic N) is 1. The third kappa shape index (κ3) is 3.11. The normalized spacial score (nSPS) is 28.5. The number of rotatable bonds is 2. The van der Waals surface area contributed by atoms with Crippen LogP contribution in [0, 0.1) is 5.92 Å². The lowest BCUT2D eigenvalue weighted by Gasteiger charge is -2.30. The Labute approximate surface area is 126 Å². The number of amides is 1. The second kappa shape index (κ2) is 5.57. The molecule has 1 aromatic rings. The minimum atomic E-state index is -4.33. The van der Waals surface area contributed by atoms with E-state index in [1.807, 2.05) is 0 Å². The third-order valence-corrected chi connectivity index (χ3v) is 4.48. The first kappa shape index (κ1) is 15.3. The number of hydrogen-bond donors (Lipinski definition) is 1. The molecule has 0 spiro atoms. The Morgan fingerprint density at radius 3 is 2.50 bits per heavy atom. The molecule has 0 radical (unpaired) electrons. The van der Waals surface area contributed by atoms with Crippen LogP contribution < -0.4 is 0 Å². The highest BCUT2D eigenvalue weighted by Gasteiger charge is 2.46. The first-order valence-electron chi connectivity index (χ1n) is 7.50. The zero-order chi connectivity index (χ0) is 15.9. The van der Waals surface area contributed by atoms with Gasteiger partial charge < -0.3 is 10.0 Å². The van der Waals surface area contributed by atoms with Crippen molar-refractivity contribution < 1.29 is 23.1 Å². The zero-order valence-corrected chi connectivity index (χ0v) is 12.0.